The highest BCUT2D eigenvalue weighted by molar-refractivity contribution is 7.97. The molecule has 1 saturated carbocycles. The van der Waals surface area contributed by atoms with Crippen molar-refractivity contribution in [2.75, 3.05) is 13.6 Å². The highest BCUT2D eigenvalue weighted by Crippen LogP contribution is 2.51. The Balaban J connectivity index is 1.39. The molecule has 1 aliphatic carbocycles. The lowest BCUT2D eigenvalue weighted by molar-refractivity contribution is 0.0695. The molecule has 0 amide bonds. The number of hydrogen-bond acceptors (Lipinski definition) is 6. The predicted molar refractivity (Wildman–Crippen MR) is 175 cm³/mol. The monoisotopic (exact) mass is 595 g/mol. The van der Waals surface area contributed by atoms with Gasteiger partial charge in [-0.3, -0.25) is 0 Å². The average Bonchev–Trinajstić information content (AvgIpc) is 3.69. The van der Waals surface area contributed by atoms with Gasteiger partial charge in [0.2, 0.25) is 0 Å². The van der Waals surface area contributed by atoms with Crippen LogP contribution in [0.15, 0.2) is 102 Å². The second kappa shape index (κ2) is 14.4. The van der Waals surface area contributed by atoms with Gasteiger partial charge in [0.25, 0.3) is 0 Å². The Labute approximate surface area is 258 Å². The maximum Gasteiger partial charge on any atom is 0.339 e. The Morgan fingerprint density at radius 3 is 2.63 bits per heavy atom. The van der Waals surface area contributed by atoms with E-state index >= 15 is 0 Å². The van der Waals surface area contributed by atoms with Crippen molar-refractivity contribution < 1.29 is 9.90 Å². The number of benzene rings is 3. The normalized spacial score (nSPS) is 16.4. The standard InChI is InChI=1S/C35H41N5O2S/c1-3-4-5-9-18-39(43-29-17-11-15-27(20-29)26-13-7-6-8-14-26)24-25-12-10-16-28(19-25)40-34(32(22-38-40)35(41)42)31-21-30(31)33(36)23-37-2/h6-8,10-17,19-20,22-23,30-31,37H,3-5,9,18,21,24,36H2,1-2H3,(H,41,42)/b33-23-/t30?,31-/m1/s1. The van der Waals surface area contributed by atoms with Gasteiger partial charge in [-0.15, -0.1) is 0 Å². The molecule has 1 unspecified atom stereocenters. The summed E-state index contributed by atoms with van der Waals surface area (Å²) in [4.78, 5) is 13.3. The van der Waals surface area contributed by atoms with Crippen LogP contribution in [0.4, 0.5) is 0 Å². The molecule has 224 valence electrons. The van der Waals surface area contributed by atoms with Crippen molar-refractivity contribution in [2.45, 2.75) is 56.4 Å². The minimum absolute atomic E-state index is 0.0179. The molecular formula is C35H41N5O2S. The molecule has 0 spiro atoms. The van der Waals surface area contributed by atoms with E-state index in [1.165, 1.54) is 41.5 Å². The number of nitrogens with two attached hydrogens (primary N) is 1. The van der Waals surface area contributed by atoms with E-state index in [1.807, 2.05) is 25.2 Å². The fourth-order valence-corrected chi connectivity index (χ4v) is 6.65. The van der Waals surface area contributed by atoms with Crippen molar-refractivity contribution in [3.63, 3.8) is 0 Å². The second-order valence-corrected chi connectivity index (χ2v) is 12.3. The van der Waals surface area contributed by atoms with Gasteiger partial charge in [-0.2, -0.15) is 5.10 Å². The van der Waals surface area contributed by atoms with Crippen LogP contribution in [0.3, 0.4) is 0 Å². The van der Waals surface area contributed by atoms with Crippen LogP contribution in [0.2, 0.25) is 0 Å². The Kier molecular flexibility index (Phi) is 10.2. The van der Waals surface area contributed by atoms with Gasteiger partial charge in [-0.05, 0) is 65.7 Å². The first-order valence-electron chi connectivity index (χ1n) is 15.1. The quantitative estimate of drug-likeness (QED) is 0.0970. The zero-order chi connectivity index (χ0) is 30.2. The molecule has 3 aromatic carbocycles. The van der Waals surface area contributed by atoms with E-state index in [2.05, 4.69) is 82.3 Å². The van der Waals surface area contributed by atoms with Gasteiger partial charge in [-0.25, -0.2) is 13.8 Å². The summed E-state index contributed by atoms with van der Waals surface area (Å²) in [7, 11) is 1.81. The van der Waals surface area contributed by atoms with Crippen LogP contribution in [-0.2, 0) is 6.54 Å². The summed E-state index contributed by atoms with van der Waals surface area (Å²) in [5.74, 6) is -0.846. The molecule has 0 saturated heterocycles. The van der Waals surface area contributed by atoms with Gasteiger partial charge in [-0.1, -0.05) is 80.8 Å². The number of rotatable bonds is 15. The molecule has 2 atom stereocenters. The van der Waals surface area contributed by atoms with Crippen LogP contribution in [-0.4, -0.2) is 38.8 Å². The third kappa shape index (κ3) is 7.69. The molecule has 0 bridgehead atoms. The van der Waals surface area contributed by atoms with E-state index in [0.717, 1.165) is 42.9 Å². The van der Waals surface area contributed by atoms with E-state index in [-0.39, 0.29) is 17.4 Å². The van der Waals surface area contributed by atoms with Gasteiger partial charge < -0.3 is 16.2 Å². The molecule has 5 rings (SSSR count). The fraction of sp³-hybridized carbons (Fsp3) is 0.314. The van der Waals surface area contributed by atoms with Crippen molar-refractivity contribution >= 4 is 17.9 Å². The minimum atomic E-state index is -0.966. The Bertz CT molecular complexity index is 1550. The van der Waals surface area contributed by atoms with Crippen molar-refractivity contribution in [1.82, 2.24) is 19.4 Å². The summed E-state index contributed by atoms with van der Waals surface area (Å²) in [6.45, 7) is 3.97. The first-order chi connectivity index (χ1) is 21.0. The summed E-state index contributed by atoms with van der Waals surface area (Å²) >= 11 is 1.79. The zero-order valence-corrected chi connectivity index (χ0v) is 25.8. The predicted octanol–water partition coefficient (Wildman–Crippen LogP) is 7.45. The number of unbranched alkanes of at least 4 members (excludes halogenated alkanes) is 3. The van der Waals surface area contributed by atoms with Gasteiger partial charge >= 0.3 is 5.97 Å². The van der Waals surface area contributed by atoms with Gasteiger partial charge in [0.1, 0.15) is 5.56 Å². The van der Waals surface area contributed by atoms with Crippen molar-refractivity contribution in [2.24, 2.45) is 11.7 Å². The number of allylic oxidation sites excluding steroid dienone is 1. The summed E-state index contributed by atoms with van der Waals surface area (Å²) in [5.41, 5.74) is 12.4. The van der Waals surface area contributed by atoms with Gasteiger partial charge in [0.15, 0.2) is 0 Å². The molecule has 1 aliphatic rings. The maximum atomic E-state index is 12.1. The van der Waals surface area contributed by atoms with Crippen LogP contribution in [0.25, 0.3) is 16.8 Å². The summed E-state index contributed by atoms with van der Waals surface area (Å²) in [6, 6.07) is 27.5. The molecule has 0 aliphatic heterocycles. The van der Waals surface area contributed by atoms with E-state index in [0.29, 0.717) is 5.69 Å². The van der Waals surface area contributed by atoms with E-state index in [4.69, 9.17) is 5.73 Å². The molecule has 4 aromatic rings. The number of aromatic carboxylic acids is 1. The summed E-state index contributed by atoms with van der Waals surface area (Å²) in [5, 5.41) is 17.5. The van der Waals surface area contributed by atoms with Gasteiger partial charge in [0.05, 0.1) is 17.6 Å². The number of carboxylic acids is 1. The largest absolute Gasteiger partial charge is 0.478 e. The molecular weight excluding hydrogens is 554 g/mol. The molecule has 7 nitrogen and oxygen atoms in total. The molecule has 1 fully saturated rings. The molecule has 1 aromatic heterocycles. The number of hydrogen-bond donors (Lipinski definition) is 3. The second-order valence-electron chi connectivity index (χ2n) is 11.1. The summed E-state index contributed by atoms with van der Waals surface area (Å²) < 4.78 is 4.23. The third-order valence-corrected chi connectivity index (χ3v) is 8.90. The molecule has 1 heterocycles. The molecule has 0 radical (unpaired) electrons. The van der Waals surface area contributed by atoms with Gasteiger partial charge in [0, 0.05) is 48.8 Å². The average molecular weight is 596 g/mol. The van der Waals surface area contributed by atoms with E-state index in [9.17, 15) is 9.90 Å². The van der Waals surface area contributed by atoms with E-state index in [1.54, 1.807) is 22.8 Å². The Hall–Kier alpha value is -4.01. The number of nitrogens with one attached hydrogen (secondary N) is 1. The molecule has 8 heteroatoms. The van der Waals surface area contributed by atoms with E-state index < -0.39 is 5.97 Å². The topological polar surface area (TPSA) is 96.4 Å². The van der Waals surface area contributed by atoms with Crippen LogP contribution in [0, 0.1) is 5.92 Å². The summed E-state index contributed by atoms with van der Waals surface area (Å²) in [6.07, 6.45) is 8.84. The zero-order valence-electron chi connectivity index (χ0n) is 24.9. The van der Waals surface area contributed by atoms with Crippen LogP contribution >= 0.6 is 11.9 Å². The first-order valence-corrected chi connectivity index (χ1v) is 15.9. The number of aromatic nitrogens is 2. The lowest BCUT2D eigenvalue weighted by atomic mass is 10.1. The van der Waals surface area contributed by atoms with Crippen molar-refractivity contribution in [3.8, 4) is 16.8 Å². The lowest BCUT2D eigenvalue weighted by Crippen LogP contribution is -2.17. The lowest BCUT2D eigenvalue weighted by Gasteiger charge is -2.22. The number of carboxylic acid groups (broad SMARTS) is 1. The minimum Gasteiger partial charge on any atom is -0.478 e. The van der Waals surface area contributed by atoms with Crippen molar-refractivity contribution in [3.05, 3.63) is 114 Å². The van der Waals surface area contributed by atoms with Crippen LogP contribution in [0.5, 0.6) is 0 Å². The molecule has 43 heavy (non-hydrogen) atoms. The SMILES string of the molecule is CCCCCCN(Cc1cccc(-n2ncc(C(=O)O)c2[C@@H]2CC2/C(N)=C/NC)c1)Sc1cccc(-c2ccccc2)c1. The third-order valence-electron chi connectivity index (χ3n) is 7.87. The highest BCUT2D eigenvalue weighted by Gasteiger charge is 2.45. The Morgan fingerprint density at radius 2 is 1.86 bits per heavy atom. The van der Waals surface area contributed by atoms with Crippen LogP contribution < -0.4 is 11.1 Å². The highest BCUT2D eigenvalue weighted by atomic mass is 32.2. The number of nitrogens with zero attached hydrogens (tertiary/aromatic N) is 3. The number of carbonyl (C=O) groups is 1. The molecule has 4 N–H and O–H groups in total. The maximum absolute atomic E-state index is 12.1. The van der Waals surface area contributed by atoms with Crippen LogP contribution in [0.1, 0.15) is 66.6 Å². The fourth-order valence-electron chi connectivity index (χ4n) is 5.60. The Morgan fingerprint density at radius 1 is 1.07 bits per heavy atom. The first kappa shape index (κ1) is 30.4. The van der Waals surface area contributed by atoms with Crippen molar-refractivity contribution in [1.29, 1.82) is 0 Å². The smallest absolute Gasteiger partial charge is 0.339 e.